The minimum absolute atomic E-state index is 0.0423. The predicted molar refractivity (Wildman–Crippen MR) is 122 cm³/mol. The average Bonchev–Trinajstić information content (AvgIpc) is 2.72. The number of benzene rings is 2. The van der Waals surface area contributed by atoms with E-state index in [1.807, 2.05) is 31.2 Å². The molecule has 0 bridgehead atoms. The van der Waals surface area contributed by atoms with E-state index in [4.69, 9.17) is 9.47 Å². The van der Waals surface area contributed by atoms with Crippen LogP contribution >= 0.6 is 22.6 Å². The number of para-hydroxylation sites is 1. The zero-order chi connectivity index (χ0) is 21.1. The van der Waals surface area contributed by atoms with Crippen LogP contribution < -0.4 is 20.2 Å². The monoisotopic (exact) mass is 509 g/mol. The second-order valence-electron chi connectivity index (χ2n) is 6.09. The minimum Gasteiger partial charge on any atom is -0.493 e. The lowest BCUT2D eigenvalue weighted by Crippen LogP contribution is -2.20. The van der Waals surface area contributed by atoms with Crippen LogP contribution in [0.25, 0.3) is 0 Å². The van der Waals surface area contributed by atoms with E-state index in [-0.39, 0.29) is 24.7 Å². The van der Waals surface area contributed by atoms with Crippen LogP contribution in [0.15, 0.2) is 47.6 Å². The van der Waals surface area contributed by atoms with Crippen molar-refractivity contribution in [2.45, 2.75) is 26.2 Å². The summed E-state index contributed by atoms with van der Waals surface area (Å²) < 4.78 is 12.0. The third kappa shape index (κ3) is 7.72. The first kappa shape index (κ1) is 22.7. The van der Waals surface area contributed by atoms with Crippen molar-refractivity contribution in [3.05, 3.63) is 51.6 Å². The molecule has 0 aliphatic carbocycles. The van der Waals surface area contributed by atoms with Gasteiger partial charge in [-0.1, -0.05) is 25.1 Å². The lowest BCUT2D eigenvalue weighted by atomic mass is 10.2. The van der Waals surface area contributed by atoms with Gasteiger partial charge in [0, 0.05) is 18.5 Å². The van der Waals surface area contributed by atoms with Gasteiger partial charge in [-0.3, -0.25) is 9.59 Å². The number of amides is 2. The molecule has 0 aliphatic heterocycles. The third-order valence-electron chi connectivity index (χ3n) is 3.74. The molecule has 2 rings (SSSR count). The first-order chi connectivity index (χ1) is 14.0. The topological polar surface area (TPSA) is 89.0 Å². The van der Waals surface area contributed by atoms with Crippen molar-refractivity contribution >= 4 is 46.3 Å². The van der Waals surface area contributed by atoms with Crippen LogP contribution in [0, 0.1) is 3.57 Å². The highest BCUT2D eigenvalue weighted by Crippen LogP contribution is 2.33. The number of halogens is 1. The molecule has 2 amide bonds. The quantitative estimate of drug-likeness (QED) is 0.289. The second-order valence-corrected chi connectivity index (χ2v) is 7.25. The molecular formula is C21H24IN3O4. The normalized spacial score (nSPS) is 10.6. The van der Waals surface area contributed by atoms with E-state index in [9.17, 15) is 9.59 Å². The highest BCUT2D eigenvalue weighted by molar-refractivity contribution is 14.1. The van der Waals surface area contributed by atoms with Crippen molar-refractivity contribution < 1.29 is 19.1 Å². The first-order valence-electron chi connectivity index (χ1n) is 9.20. The molecule has 0 heterocycles. The number of anilines is 1. The van der Waals surface area contributed by atoms with Gasteiger partial charge in [0.15, 0.2) is 11.5 Å². The van der Waals surface area contributed by atoms with E-state index in [1.54, 1.807) is 25.3 Å². The largest absolute Gasteiger partial charge is 0.493 e. The molecule has 2 N–H and O–H groups in total. The Morgan fingerprint density at radius 2 is 1.86 bits per heavy atom. The van der Waals surface area contributed by atoms with E-state index in [1.165, 1.54) is 6.21 Å². The fourth-order valence-electron chi connectivity index (χ4n) is 2.37. The molecule has 0 aromatic heterocycles. The second kappa shape index (κ2) is 12.1. The Hall–Kier alpha value is -2.62. The van der Waals surface area contributed by atoms with Gasteiger partial charge in [-0.05, 0) is 58.8 Å². The fourth-order valence-corrected chi connectivity index (χ4v) is 3.15. The minimum atomic E-state index is -0.339. The van der Waals surface area contributed by atoms with Gasteiger partial charge in [0.1, 0.15) is 0 Å². The van der Waals surface area contributed by atoms with Crippen LogP contribution in [0.3, 0.4) is 0 Å². The van der Waals surface area contributed by atoms with Gasteiger partial charge in [0.2, 0.25) is 11.8 Å². The van der Waals surface area contributed by atoms with E-state index < -0.39 is 0 Å². The lowest BCUT2D eigenvalue weighted by molar-refractivity contribution is -0.124. The Morgan fingerprint density at radius 1 is 1.14 bits per heavy atom. The Labute approximate surface area is 184 Å². The summed E-state index contributed by atoms with van der Waals surface area (Å²) in [5.74, 6) is 0.739. The van der Waals surface area contributed by atoms with Crippen molar-refractivity contribution in [2.24, 2.45) is 5.10 Å². The summed E-state index contributed by atoms with van der Waals surface area (Å²) in [7, 11) is 1.58. The summed E-state index contributed by atoms with van der Waals surface area (Å²) in [6.45, 7) is 2.64. The van der Waals surface area contributed by atoms with Gasteiger partial charge in [-0.2, -0.15) is 5.10 Å². The average molecular weight is 509 g/mol. The Balaban J connectivity index is 1.84. The molecule has 0 aliphatic rings. The van der Waals surface area contributed by atoms with Crippen LogP contribution in [-0.4, -0.2) is 31.7 Å². The van der Waals surface area contributed by atoms with Crippen molar-refractivity contribution in [3.63, 3.8) is 0 Å². The maximum atomic E-state index is 11.9. The summed E-state index contributed by atoms with van der Waals surface area (Å²) in [4.78, 5) is 23.8. The SMILES string of the molecule is CCCOc1c(I)cc(C=NNC(=O)CCC(=O)Nc2ccccc2)cc1OC. The number of hydrogen-bond donors (Lipinski definition) is 2. The Morgan fingerprint density at radius 3 is 2.55 bits per heavy atom. The number of ether oxygens (including phenoxy) is 2. The highest BCUT2D eigenvalue weighted by atomic mass is 127. The van der Waals surface area contributed by atoms with Crippen molar-refractivity contribution in [2.75, 3.05) is 19.0 Å². The summed E-state index contributed by atoms with van der Waals surface area (Å²) in [5.41, 5.74) is 3.89. The smallest absolute Gasteiger partial charge is 0.240 e. The zero-order valence-electron chi connectivity index (χ0n) is 16.4. The van der Waals surface area contributed by atoms with Gasteiger partial charge in [0.25, 0.3) is 0 Å². The molecule has 0 spiro atoms. The molecule has 29 heavy (non-hydrogen) atoms. The first-order valence-corrected chi connectivity index (χ1v) is 10.3. The van der Waals surface area contributed by atoms with E-state index in [0.29, 0.717) is 23.8 Å². The number of hydrogen-bond acceptors (Lipinski definition) is 5. The number of nitrogens with one attached hydrogen (secondary N) is 2. The molecule has 0 unspecified atom stereocenters. The Bertz CT molecular complexity index is 857. The molecular weight excluding hydrogens is 485 g/mol. The van der Waals surface area contributed by atoms with E-state index in [2.05, 4.69) is 38.4 Å². The number of rotatable bonds is 10. The molecule has 0 saturated heterocycles. The molecule has 0 atom stereocenters. The number of methoxy groups -OCH3 is 1. The van der Waals surface area contributed by atoms with E-state index >= 15 is 0 Å². The van der Waals surface area contributed by atoms with Gasteiger partial charge in [0.05, 0.1) is 23.5 Å². The maximum absolute atomic E-state index is 11.9. The van der Waals surface area contributed by atoms with Crippen LogP contribution in [0.1, 0.15) is 31.7 Å². The molecule has 7 nitrogen and oxygen atoms in total. The van der Waals surface area contributed by atoms with Crippen molar-refractivity contribution in [1.29, 1.82) is 0 Å². The fraction of sp³-hybridized carbons (Fsp3) is 0.286. The molecule has 0 saturated carbocycles. The van der Waals surface area contributed by atoms with E-state index in [0.717, 1.165) is 15.6 Å². The van der Waals surface area contributed by atoms with Crippen LogP contribution in [0.4, 0.5) is 5.69 Å². The Kier molecular flexibility index (Phi) is 9.42. The molecule has 8 heteroatoms. The van der Waals surface area contributed by atoms with Gasteiger partial charge >= 0.3 is 0 Å². The van der Waals surface area contributed by atoms with Gasteiger partial charge in [-0.25, -0.2) is 5.43 Å². The summed E-state index contributed by atoms with van der Waals surface area (Å²) in [6.07, 6.45) is 2.54. The van der Waals surface area contributed by atoms with Gasteiger partial charge < -0.3 is 14.8 Å². The van der Waals surface area contributed by atoms with Crippen LogP contribution in [0.2, 0.25) is 0 Å². The molecule has 0 fully saturated rings. The summed E-state index contributed by atoms with van der Waals surface area (Å²) in [5, 5.41) is 6.69. The maximum Gasteiger partial charge on any atom is 0.240 e. The molecule has 2 aromatic rings. The standard InChI is InChI=1S/C21H24IN3O4/c1-3-11-29-21-17(22)12-15(13-18(21)28-2)14-23-25-20(27)10-9-19(26)24-16-7-5-4-6-8-16/h4-8,12-14H,3,9-11H2,1-2H3,(H,24,26)(H,25,27). The number of hydrazone groups is 1. The third-order valence-corrected chi connectivity index (χ3v) is 4.54. The van der Waals surface area contributed by atoms with Crippen LogP contribution in [0.5, 0.6) is 11.5 Å². The van der Waals surface area contributed by atoms with Crippen molar-refractivity contribution in [3.8, 4) is 11.5 Å². The van der Waals surface area contributed by atoms with Crippen molar-refractivity contribution in [1.82, 2.24) is 5.43 Å². The highest BCUT2D eigenvalue weighted by Gasteiger charge is 2.11. The predicted octanol–water partition coefficient (Wildman–Crippen LogP) is 3.96. The van der Waals surface area contributed by atoms with Crippen LogP contribution in [-0.2, 0) is 9.59 Å². The lowest BCUT2D eigenvalue weighted by Gasteiger charge is -2.12. The van der Waals surface area contributed by atoms with Gasteiger partial charge in [-0.15, -0.1) is 0 Å². The summed E-state index contributed by atoms with van der Waals surface area (Å²) >= 11 is 2.17. The molecule has 154 valence electrons. The number of carbonyl (C=O) groups excluding carboxylic acids is 2. The molecule has 0 radical (unpaired) electrons. The summed E-state index contributed by atoms with van der Waals surface area (Å²) in [6, 6.07) is 12.8. The zero-order valence-corrected chi connectivity index (χ0v) is 18.6. The number of nitrogens with zero attached hydrogens (tertiary/aromatic N) is 1. The molecule has 2 aromatic carbocycles. The number of carbonyl (C=O) groups is 2.